The lowest BCUT2D eigenvalue weighted by Crippen LogP contribution is -2.43. The van der Waals surface area contributed by atoms with Gasteiger partial charge in [0.1, 0.15) is 6.04 Å². The molecule has 12 heteroatoms. The van der Waals surface area contributed by atoms with Crippen LogP contribution in [0, 0.1) is 5.92 Å². The van der Waals surface area contributed by atoms with Gasteiger partial charge in [-0.3, -0.25) is 14.9 Å². The van der Waals surface area contributed by atoms with E-state index in [4.69, 9.17) is 11.6 Å². The molecule has 3 fully saturated rings. The van der Waals surface area contributed by atoms with Gasteiger partial charge >= 0.3 is 0 Å². The molecule has 31 heavy (non-hydrogen) atoms. The third kappa shape index (κ3) is 3.65. The molecule has 0 spiro atoms. The number of carbonyl (C=O) groups excluding carboxylic acids is 1. The molecule has 0 bridgehead atoms. The van der Waals surface area contributed by atoms with Gasteiger partial charge in [-0.15, -0.1) is 0 Å². The predicted molar refractivity (Wildman–Crippen MR) is 112 cm³/mol. The minimum absolute atomic E-state index is 0.0580. The number of rotatable bonds is 6. The van der Waals surface area contributed by atoms with Crippen molar-refractivity contribution in [3.63, 3.8) is 0 Å². The van der Waals surface area contributed by atoms with Crippen LogP contribution >= 0.6 is 11.6 Å². The molecule has 0 unspecified atom stereocenters. The maximum Gasteiger partial charge on any atom is 0.248 e. The minimum atomic E-state index is -0.413. The van der Waals surface area contributed by atoms with Crippen molar-refractivity contribution in [3.05, 3.63) is 35.6 Å². The van der Waals surface area contributed by atoms with Crippen LogP contribution in [0.4, 0.5) is 23.5 Å². The van der Waals surface area contributed by atoms with Crippen molar-refractivity contribution in [3.8, 4) is 0 Å². The summed E-state index contributed by atoms with van der Waals surface area (Å²) in [5, 5.41) is 13.3. The zero-order chi connectivity index (χ0) is 20.9. The number of fused-ring (bicyclic) bond motifs is 1. The maximum absolute atomic E-state index is 12.9. The van der Waals surface area contributed by atoms with E-state index >= 15 is 0 Å². The number of carbonyl (C=O) groups is 1. The molecule has 3 atom stereocenters. The summed E-state index contributed by atoms with van der Waals surface area (Å²) in [5.41, 5.74) is 1.10. The molecular formula is C19H19ClN10O. The van der Waals surface area contributed by atoms with E-state index in [1.54, 1.807) is 6.20 Å². The molecule has 6 rings (SSSR count). The van der Waals surface area contributed by atoms with Crippen molar-refractivity contribution in [1.82, 2.24) is 35.1 Å². The maximum atomic E-state index is 12.9. The molecule has 3 aromatic rings. The van der Waals surface area contributed by atoms with Crippen molar-refractivity contribution in [1.29, 1.82) is 0 Å². The molecule has 2 saturated carbocycles. The van der Waals surface area contributed by atoms with E-state index in [9.17, 15) is 4.79 Å². The van der Waals surface area contributed by atoms with Gasteiger partial charge in [0, 0.05) is 36.1 Å². The first-order chi connectivity index (χ1) is 15.1. The summed E-state index contributed by atoms with van der Waals surface area (Å²) >= 11 is 6.20. The third-order valence-corrected chi connectivity index (χ3v) is 6.07. The Bertz CT molecular complexity index is 1130. The fourth-order valence-electron chi connectivity index (χ4n) is 4.18. The first kappa shape index (κ1) is 18.4. The first-order valence-corrected chi connectivity index (χ1v) is 10.6. The van der Waals surface area contributed by atoms with Crippen molar-refractivity contribution in [2.45, 2.75) is 43.7 Å². The summed E-state index contributed by atoms with van der Waals surface area (Å²) in [6.07, 6.45) is 8.70. The average molecular weight is 439 g/mol. The standard InChI is InChI=1S/C19H19ClN10O/c20-17-25-18(24-14-7-11(28-29-14)9-1-2-9)27-19(26-17)30-12-5-10(12)6-13(30)16(31)23-15-8-21-3-4-22-15/h3-4,7-10,12-13H,1-2,5-6H2,(H,22,23,31)(H2,24,25,26,27,28,29)/t10-,12-,13-/m0/s1. The van der Waals surface area contributed by atoms with E-state index in [-0.39, 0.29) is 17.2 Å². The van der Waals surface area contributed by atoms with Crippen LogP contribution in [0.1, 0.15) is 37.3 Å². The van der Waals surface area contributed by atoms with Gasteiger partial charge in [-0.1, -0.05) is 0 Å². The van der Waals surface area contributed by atoms with Crippen molar-refractivity contribution >= 4 is 41.0 Å². The number of hydrogen-bond donors (Lipinski definition) is 3. The number of H-pyrrole nitrogens is 1. The Morgan fingerprint density at radius 3 is 2.87 bits per heavy atom. The molecule has 3 aromatic heterocycles. The number of nitrogens with zero attached hydrogens (tertiary/aromatic N) is 7. The Balaban J connectivity index is 1.24. The molecule has 1 amide bonds. The van der Waals surface area contributed by atoms with Crippen molar-refractivity contribution < 1.29 is 4.79 Å². The van der Waals surface area contributed by atoms with Crippen molar-refractivity contribution in [2.24, 2.45) is 5.92 Å². The van der Waals surface area contributed by atoms with Gasteiger partial charge in [-0.2, -0.15) is 20.1 Å². The predicted octanol–water partition coefficient (Wildman–Crippen LogP) is 2.26. The second-order valence-corrected chi connectivity index (χ2v) is 8.48. The number of nitrogens with one attached hydrogen (secondary N) is 3. The monoisotopic (exact) mass is 438 g/mol. The zero-order valence-corrected chi connectivity index (χ0v) is 17.1. The van der Waals surface area contributed by atoms with Crippen LogP contribution in [-0.4, -0.2) is 53.1 Å². The van der Waals surface area contributed by atoms with E-state index < -0.39 is 6.04 Å². The average Bonchev–Trinajstić information content (AvgIpc) is 3.67. The summed E-state index contributed by atoms with van der Waals surface area (Å²) in [7, 11) is 0. The Kier molecular flexibility index (Phi) is 4.23. The Morgan fingerprint density at radius 1 is 1.16 bits per heavy atom. The number of hydrogen-bond acceptors (Lipinski definition) is 9. The summed E-state index contributed by atoms with van der Waals surface area (Å²) < 4.78 is 0. The molecule has 3 N–H and O–H groups in total. The number of amides is 1. The Hall–Kier alpha value is -3.34. The molecule has 1 saturated heterocycles. The molecule has 0 radical (unpaired) electrons. The number of halogens is 1. The van der Waals surface area contributed by atoms with Gasteiger partial charge in [0.05, 0.1) is 6.20 Å². The van der Waals surface area contributed by atoms with Gasteiger partial charge in [-0.25, -0.2) is 4.98 Å². The molecule has 2 aliphatic carbocycles. The molecule has 0 aromatic carbocycles. The van der Waals surface area contributed by atoms with Gasteiger partial charge in [0.25, 0.3) is 0 Å². The molecular weight excluding hydrogens is 420 g/mol. The van der Waals surface area contributed by atoms with E-state index in [0.29, 0.717) is 35.4 Å². The topological polar surface area (TPSA) is 138 Å². The quantitative estimate of drug-likeness (QED) is 0.528. The first-order valence-electron chi connectivity index (χ1n) is 10.2. The van der Waals surface area contributed by atoms with Crippen molar-refractivity contribution in [2.75, 3.05) is 15.5 Å². The molecule has 11 nitrogen and oxygen atoms in total. The lowest BCUT2D eigenvalue weighted by Gasteiger charge is -2.26. The lowest BCUT2D eigenvalue weighted by atomic mass is 10.1. The lowest BCUT2D eigenvalue weighted by molar-refractivity contribution is -0.117. The summed E-state index contributed by atoms with van der Waals surface area (Å²) in [4.78, 5) is 36.0. The third-order valence-electron chi connectivity index (χ3n) is 5.90. The van der Waals surface area contributed by atoms with Gasteiger partial charge < -0.3 is 15.5 Å². The fourth-order valence-corrected chi connectivity index (χ4v) is 4.34. The number of anilines is 4. The second kappa shape index (κ2) is 7.12. The number of piperidine rings is 1. The van der Waals surface area contributed by atoms with Gasteiger partial charge in [-0.05, 0) is 43.2 Å². The summed E-state index contributed by atoms with van der Waals surface area (Å²) in [6.45, 7) is 0. The second-order valence-electron chi connectivity index (χ2n) is 8.14. The number of aromatic amines is 1. The van der Waals surface area contributed by atoms with Crippen LogP contribution < -0.4 is 15.5 Å². The Morgan fingerprint density at radius 2 is 2.06 bits per heavy atom. The highest BCUT2D eigenvalue weighted by Crippen LogP contribution is 2.49. The molecule has 3 aliphatic rings. The van der Waals surface area contributed by atoms with Gasteiger partial charge in [0.2, 0.25) is 23.1 Å². The van der Waals surface area contributed by atoms with Crippen LogP contribution in [0.5, 0.6) is 0 Å². The fraction of sp³-hybridized carbons (Fsp3) is 0.421. The molecule has 4 heterocycles. The minimum Gasteiger partial charge on any atom is -0.325 e. The smallest absolute Gasteiger partial charge is 0.248 e. The summed E-state index contributed by atoms with van der Waals surface area (Å²) in [5.74, 6) is 2.54. The van der Waals surface area contributed by atoms with E-state index in [1.807, 2.05) is 11.0 Å². The number of aromatic nitrogens is 7. The van der Waals surface area contributed by atoms with E-state index in [2.05, 4.69) is 45.8 Å². The van der Waals surface area contributed by atoms with Gasteiger partial charge in [0.15, 0.2) is 11.6 Å². The van der Waals surface area contributed by atoms with Crippen LogP contribution in [0.15, 0.2) is 24.7 Å². The van der Waals surface area contributed by atoms with Crippen LogP contribution in [-0.2, 0) is 4.79 Å². The van der Waals surface area contributed by atoms with E-state index in [0.717, 1.165) is 18.5 Å². The molecule has 158 valence electrons. The zero-order valence-electron chi connectivity index (χ0n) is 16.4. The summed E-state index contributed by atoms with van der Waals surface area (Å²) in [6, 6.07) is 1.76. The van der Waals surface area contributed by atoms with Crippen LogP contribution in [0.25, 0.3) is 0 Å². The van der Waals surface area contributed by atoms with E-state index in [1.165, 1.54) is 25.2 Å². The molecule has 1 aliphatic heterocycles. The normalized spacial score (nSPS) is 24.0. The van der Waals surface area contributed by atoms with Crippen LogP contribution in [0.2, 0.25) is 5.28 Å². The Labute approximate surface area is 182 Å². The highest BCUT2D eigenvalue weighted by Gasteiger charge is 2.55. The largest absolute Gasteiger partial charge is 0.325 e. The highest BCUT2D eigenvalue weighted by atomic mass is 35.5. The SMILES string of the molecule is O=C(Nc1cnccn1)[C@@H]1C[C@@H]2C[C@@H]2N1c1nc(Cl)nc(Nc2cc(C3CC3)[nH]n2)n1. The highest BCUT2D eigenvalue weighted by molar-refractivity contribution is 6.28. The van der Waals surface area contributed by atoms with Crippen LogP contribution in [0.3, 0.4) is 0 Å².